The predicted molar refractivity (Wildman–Crippen MR) is 93.7 cm³/mol. The van der Waals surface area contributed by atoms with E-state index in [0.717, 1.165) is 37.2 Å². The number of nitrogens with zero attached hydrogens (tertiary/aromatic N) is 1. The van der Waals surface area contributed by atoms with E-state index in [9.17, 15) is 4.79 Å². The molecule has 1 aliphatic heterocycles. The van der Waals surface area contributed by atoms with Gasteiger partial charge in [0.15, 0.2) is 0 Å². The lowest BCUT2D eigenvalue weighted by Crippen LogP contribution is -2.45. The first-order valence-corrected chi connectivity index (χ1v) is 8.62. The summed E-state index contributed by atoms with van der Waals surface area (Å²) in [5.41, 5.74) is 9.55. The van der Waals surface area contributed by atoms with Crippen LogP contribution in [-0.4, -0.2) is 36.5 Å². The van der Waals surface area contributed by atoms with Crippen molar-refractivity contribution in [1.82, 2.24) is 4.90 Å². The molecule has 23 heavy (non-hydrogen) atoms. The topological polar surface area (TPSA) is 55.6 Å². The fourth-order valence-electron chi connectivity index (χ4n) is 3.22. The Morgan fingerprint density at radius 1 is 1.39 bits per heavy atom. The summed E-state index contributed by atoms with van der Waals surface area (Å²) in [5, 5.41) is 0. The Kier molecular flexibility index (Phi) is 6.05. The molecule has 1 fully saturated rings. The lowest BCUT2D eigenvalue weighted by atomic mass is 9.92. The van der Waals surface area contributed by atoms with Crippen LogP contribution in [0.25, 0.3) is 0 Å². The van der Waals surface area contributed by atoms with Crippen LogP contribution in [0.1, 0.15) is 42.9 Å². The third-order valence-electron chi connectivity index (χ3n) is 4.89. The quantitative estimate of drug-likeness (QED) is 0.908. The standard InChI is InChI=1S/C19H30N2O2/c1-13-10-14(2)15(3)18(11-13)23-9-7-19(22)21-8-5-6-17(12-21)16(4)20/h10-11,16-17H,5-9,12,20H2,1-4H3/t16-,17+/m0/s1. The molecular weight excluding hydrogens is 288 g/mol. The number of benzene rings is 1. The van der Waals surface area contributed by atoms with E-state index in [-0.39, 0.29) is 11.9 Å². The molecule has 1 aromatic carbocycles. The Labute approximate surface area is 140 Å². The van der Waals surface area contributed by atoms with Crippen molar-refractivity contribution in [2.45, 2.75) is 53.0 Å². The van der Waals surface area contributed by atoms with Gasteiger partial charge in [-0.1, -0.05) is 6.07 Å². The first kappa shape index (κ1) is 17.8. The minimum absolute atomic E-state index is 0.153. The number of hydrogen-bond donors (Lipinski definition) is 1. The van der Waals surface area contributed by atoms with Gasteiger partial charge in [0.05, 0.1) is 13.0 Å². The third-order valence-corrected chi connectivity index (χ3v) is 4.89. The van der Waals surface area contributed by atoms with Crippen LogP contribution in [0.5, 0.6) is 5.75 Å². The van der Waals surface area contributed by atoms with E-state index >= 15 is 0 Å². The van der Waals surface area contributed by atoms with Crippen LogP contribution >= 0.6 is 0 Å². The van der Waals surface area contributed by atoms with Gasteiger partial charge in [-0.15, -0.1) is 0 Å². The fraction of sp³-hybridized carbons (Fsp3) is 0.632. The molecule has 1 saturated heterocycles. The van der Waals surface area contributed by atoms with Gasteiger partial charge in [0.25, 0.3) is 0 Å². The number of aryl methyl sites for hydroxylation is 2. The summed E-state index contributed by atoms with van der Waals surface area (Å²) < 4.78 is 5.86. The fourth-order valence-corrected chi connectivity index (χ4v) is 3.22. The summed E-state index contributed by atoms with van der Waals surface area (Å²) in [6, 6.07) is 4.34. The molecular formula is C19H30N2O2. The van der Waals surface area contributed by atoms with Gasteiger partial charge in [0, 0.05) is 19.1 Å². The zero-order chi connectivity index (χ0) is 17.0. The van der Waals surface area contributed by atoms with Crippen molar-refractivity contribution in [2.24, 2.45) is 11.7 Å². The Morgan fingerprint density at radius 2 is 2.13 bits per heavy atom. The van der Waals surface area contributed by atoms with Crippen LogP contribution < -0.4 is 10.5 Å². The molecule has 2 rings (SSSR count). The lowest BCUT2D eigenvalue weighted by molar-refractivity contribution is -0.133. The summed E-state index contributed by atoms with van der Waals surface area (Å²) in [4.78, 5) is 14.3. The van der Waals surface area contributed by atoms with Crippen LogP contribution in [0.2, 0.25) is 0 Å². The summed E-state index contributed by atoms with van der Waals surface area (Å²) in [7, 11) is 0. The van der Waals surface area contributed by atoms with Crippen LogP contribution in [0.15, 0.2) is 12.1 Å². The smallest absolute Gasteiger partial charge is 0.226 e. The van der Waals surface area contributed by atoms with E-state index in [1.807, 2.05) is 17.9 Å². The summed E-state index contributed by atoms with van der Waals surface area (Å²) in [6.07, 6.45) is 2.60. The number of rotatable bonds is 5. The van der Waals surface area contributed by atoms with Crippen LogP contribution in [-0.2, 0) is 4.79 Å². The van der Waals surface area contributed by atoms with E-state index in [1.165, 1.54) is 11.1 Å². The normalized spacial score (nSPS) is 19.5. The van der Waals surface area contributed by atoms with Gasteiger partial charge >= 0.3 is 0 Å². The second-order valence-electron chi connectivity index (χ2n) is 6.90. The molecule has 4 heteroatoms. The number of carbonyl (C=O) groups excluding carboxylic acids is 1. The molecule has 0 spiro atoms. The number of piperidine rings is 1. The van der Waals surface area contributed by atoms with Gasteiger partial charge in [-0.25, -0.2) is 0 Å². The molecule has 0 aliphatic carbocycles. The highest BCUT2D eigenvalue weighted by Crippen LogP contribution is 2.24. The number of nitrogens with two attached hydrogens (primary N) is 1. The van der Waals surface area contributed by atoms with E-state index in [1.54, 1.807) is 0 Å². The molecule has 1 amide bonds. The molecule has 4 nitrogen and oxygen atoms in total. The highest BCUT2D eigenvalue weighted by Gasteiger charge is 2.25. The predicted octanol–water partition coefficient (Wildman–Crippen LogP) is 2.97. The van der Waals surface area contributed by atoms with Crippen molar-refractivity contribution in [1.29, 1.82) is 0 Å². The Balaban J connectivity index is 1.85. The largest absolute Gasteiger partial charge is 0.493 e. The molecule has 1 aliphatic rings. The van der Waals surface area contributed by atoms with Gasteiger partial charge < -0.3 is 15.4 Å². The first-order chi connectivity index (χ1) is 10.9. The summed E-state index contributed by atoms with van der Waals surface area (Å²) in [6.45, 7) is 10.3. The molecule has 0 saturated carbocycles. The Hall–Kier alpha value is -1.55. The molecule has 0 radical (unpaired) electrons. The van der Waals surface area contributed by atoms with E-state index < -0.39 is 0 Å². The number of carbonyl (C=O) groups is 1. The van der Waals surface area contributed by atoms with Crippen LogP contribution in [0.4, 0.5) is 0 Å². The molecule has 2 atom stereocenters. The zero-order valence-electron chi connectivity index (χ0n) is 14.9. The lowest BCUT2D eigenvalue weighted by Gasteiger charge is -2.34. The third kappa shape index (κ3) is 4.71. The van der Waals surface area contributed by atoms with Gasteiger partial charge in [-0.3, -0.25) is 4.79 Å². The minimum Gasteiger partial charge on any atom is -0.493 e. The highest BCUT2D eigenvalue weighted by atomic mass is 16.5. The van der Waals surface area contributed by atoms with Crippen molar-refractivity contribution >= 4 is 5.91 Å². The van der Waals surface area contributed by atoms with E-state index in [2.05, 4.69) is 26.8 Å². The zero-order valence-corrected chi connectivity index (χ0v) is 14.9. The van der Waals surface area contributed by atoms with Gasteiger partial charge in [0.2, 0.25) is 5.91 Å². The van der Waals surface area contributed by atoms with Crippen molar-refractivity contribution < 1.29 is 9.53 Å². The number of amides is 1. The average molecular weight is 318 g/mol. The van der Waals surface area contributed by atoms with Crippen LogP contribution in [0, 0.1) is 26.7 Å². The van der Waals surface area contributed by atoms with E-state index in [4.69, 9.17) is 10.5 Å². The maximum Gasteiger partial charge on any atom is 0.226 e. The van der Waals surface area contributed by atoms with Gasteiger partial charge in [0.1, 0.15) is 5.75 Å². The van der Waals surface area contributed by atoms with Crippen molar-refractivity contribution in [3.63, 3.8) is 0 Å². The van der Waals surface area contributed by atoms with Crippen molar-refractivity contribution in [3.8, 4) is 5.75 Å². The maximum atomic E-state index is 12.4. The molecule has 0 aromatic heterocycles. The SMILES string of the molecule is Cc1cc(C)c(C)c(OCCC(=O)N2CCC[C@@H]([C@H](C)N)C2)c1. The maximum absolute atomic E-state index is 12.4. The first-order valence-electron chi connectivity index (χ1n) is 8.62. The molecule has 1 heterocycles. The second kappa shape index (κ2) is 7.82. The van der Waals surface area contributed by atoms with E-state index in [0.29, 0.717) is 18.9 Å². The number of ether oxygens (including phenoxy) is 1. The monoisotopic (exact) mass is 318 g/mol. The van der Waals surface area contributed by atoms with Gasteiger partial charge in [-0.05, 0) is 69.2 Å². The number of hydrogen-bond acceptors (Lipinski definition) is 3. The number of likely N-dealkylation sites (tertiary alicyclic amines) is 1. The molecule has 0 unspecified atom stereocenters. The van der Waals surface area contributed by atoms with Crippen molar-refractivity contribution in [2.75, 3.05) is 19.7 Å². The molecule has 128 valence electrons. The molecule has 0 bridgehead atoms. The average Bonchev–Trinajstić information content (AvgIpc) is 2.51. The Morgan fingerprint density at radius 3 is 2.83 bits per heavy atom. The minimum atomic E-state index is 0.153. The van der Waals surface area contributed by atoms with Crippen molar-refractivity contribution in [3.05, 3.63) is 28.8 Å². The van der Waals surface area contributed by atoms with Crippen LogP contribution in [0.3, 0.4) is 0 Å². The molecule has 1 aromatic rings. The summed E-state index contributed by atoms with van der Waals surface area (Å²) in [5.74, 6) is 1.50. The summed E-state index contributed by atoms with van der Waals surface area (Å²) >= 11 is 0. The Bertz CT molecular complexity index is 555. The molecule has 2 N–H and O–H groups in total. The van der Waals surface area contributed by atoms with Gasteiger partial charge in [-0.2, -0.15) is 0 Å². The second-order valence-corrected chi connectivity index (χ2v) is 6.90. The highest BCUT2D eigenvalue weighted by molar-refractivity contribution is 5.76.